The summed E-state index contributed by atoms with van der Waals surface area (Å²) in [6.07, 6.45) is 0. The van der Waals surface area contributed by atoms with Crippen LogP contribution >= 0.6 is 0 Å². The summed E-state index contributed by atoms with van der Waals surface area (Å²) in [4.78, 5) is 4.74. The number of anilines is 1. The van der Waals surface area contributed by atoms with E-state index in [1.54, 1.807) is 7.11 Å². The highest BCUT2D eigenvalue weighted by molar-refractivity contribution is 5.45. The zero-order valence-corrected chi connectivity index (χ0v) is 13.6. The summed E-state index contributed by atoms with van der Waals surface area (Å²) in [6.45, 7) is 4.66. The fourth-order valence-electron chi connectivity index (χ4n) is 2.48. The highest BCUT2D eigenvalue weighted by atomic mass is 16.5. The summed E-state index contributed by atoms with van der Waals surface area (Å²) in [6, 6.07) is 21.2. The van der Waals surface area contributed by atoms with Crippen LogP contribution in [0, 0.1) is 0 Å². The van der Waals surface area contributed by atoms with Crippen LogP contribution in [0.25, 0.3) is 0 Å². The van der Waals surface area contributed by atoms with E-state index in [0.29, 0.717) is 0 Å². The molecule has 0 bridgehead atoms. The third kappa shape index (κ3) is 5.51. The number of likely N-dealkylation sites (N-methyl/N-ethyl adjacent to an activating group) is 1. The molecule has 22 heavy (non-hydrogen) atoms. The van der Waals surface area contributed by atoms with Gasteiger partial charge in [0.1, 0.15) is 0 Å². The number of hydrogen-bond donors (Lipinski definition) is 0. The fourth-order valence-corrected chi connectivity index (χ4v) is 2.48. The van der Waals surface area contributed by atoms with E-state index in [4.69, 9.17) is 4.74 Å². The lowest BCUT2D eigenvalue weighted by molar-refractivity contribution is 0.204. The second kappa shape index (κ2) is 9.23. The molecule has 3 nitrogen and oxygen atoms in total. The highest BCUT2D eigenvalue weighted by Crippen LogP contribution is 2.13. The van der Waals surface area contributed by atoms with Crippen LogP contribution in [0.5, 0.6) is 0 Å². The van der Waals surface area contributed by atoms with Gasteiger partial charge in [0.25, 0.3) is 0 Å². The second-order valence-electron chi connectivity index (χ2n) is 5.54. The van der Waals surface area contributed by atoms with E-state index in [-0.39, 0.29) is 0 Å². The first-order valence-corrected chi connectivity index (χ1v) is 7.81. The minimum atomic E-state index is 0.747. The molecule has 0 fully saturated rings. The van der Waals surface area contributed by atoms with Crippen molar-refractivity contribution in [2.75, 3.05) is 45.3 Å². The van der Waals surface area contributed by atoms with Gasteiger partial charge in [0.2, 0.25) is 0 Å². The highest BCUT2D eigenvalue weighted by Gasteiger charge is 2.07. The van der Waals surface area contributed by atoms with Gasteiger partial charge in [0, 0.05) is 39.0 Å². The molecule has 0 N–H and O–H groups in total. The number of hydrogen-bond acceptors (Lipinski definition) is 3. The molecule has 0 radical (unpaired) electrons. The molecule has 0 amide bonds. The SMILES string of the molecule is COCCN(CCN(C)Cc1ccccc1)c1ccccc1. The molecule has 0 heterocycles. The maximum absolute atomic E-state index is 5.24. The van der Waals surface area contributed by atoms with E-state index in [2.05, 4.69) is 77.5 Å². The topological polar surface area (TPSA) is 15.7 Å². The lowest BCUT2D eigenvalue weighted by Crippen LogP contribution is -2.35. The molecule has 2 aromatic carbocycles. The predicted octanol–water partition coefficient (Wildman–Crippen LogP) is 3.27. The average Bonchev–Trinajstić information content (AvgIpc) is 2.57. The van der Waals surface area contributed by atoms with Crippen molar-refractivity contribution in [2.24, 2.45) is 0 Å². The van der Waals surface area contributed by atoms with Crippen molar-refractivity contribution in [3.63, 3.8) is 0 Å². The van der Waals surface area contributed by atoms with Gasteiger partial charge >= 0.3 is 0 Å². The van der Waals surface area contributed by atoms with Crippen LogP contribution in [0.15, 0.2) is 60.7 Å². The number of benzene rings is 2. The smallest absolute Gasteiger partial charge is 0.0637 e. The van der Waals surface area contributed by atoms with Crippen LogP contribution in [-0.4, -0.2) is 45.3 Å². The molecule has 0 spiro atoms. The second-order valence-corrected chi connectivity index (χ2v) is 5.54. The third-order valence-corrected chi connectivity index (χ3v) is 3.73. The molecule has 3 heteroatoms. The predicted molar refractivity (Wildman–Crippen MR) is 93.3 cm³/mol. The quantitative estimate of drug-likeness (QED) is 0.706. The molecule has 0 unspecified atom stereocenters. The van der Waals surface area contributed by atoms with Crippen molar-refractivity contribution in [2.45, 2.75) is 6.54 Å². The van der Waals surface area contributed by atoms with Gasteiger partial charge in [-0.25, -0.2) is 0 Å². The summed E-state index contributed by atoms with van der Waals surface area (Å²) in [5.74, 6) is 0. The Kier molecular flexibility index (Phi) is 6.94. The fraction of sp³-hybridized carbons (Fsp3) is 0.368. The number of rotatable bonds is 9. The van der Waals surface area contributed by atoms with Crippen LogP contribution in [-0.2, 0) is 11.3 Å². The maximum Gasteiger partial charge on any atom is 0.0637 e. The zero-order chi connectivity index (χ0) is 15.6. The first kappa shape index (κ1) is 16.5. The van der Waals surface area contributed by atoms with E-state index >= 15 is 0 Å². The molecule has 0 saturated heterocycles. The van der Waals surface area contributed by atoms with Crippen LogP contribution in [0.4, 0.5) is 5.69 Å². The zero-order valence-electron chi connectivity index (χ0n) is 13.6. The summed E-state index contributed by atoms with van der Waals surface area (Å²) >= 11 is 0. The van der Waals surface area contributed by atoms with Gasteiger partial charge in [-0.15, -0.1) is 0 Å². The summed E-state index contributed by atoms with van der Waals surface area (Å²) in [7, 11) is 3.93. The molecule has 118 valence electrons. The first-order chi connectivity index (χ1) is 10.8. The van der Waals surface area contributed by atoms with Gasteiger partial charge in [0.05, 0.1) is 6.61 Å². The Balaban J connectivity index is 1.87. The summed E-state index contributed by atoms with van der Waals surface area (Å²) in [5.41, 5.74) is 2.61. The molecule has 0 atom stereocenters. The van der Waals surface area contributed by atoms with Gasteiger partial charge in [-0.2, -0.15) is 0 Å². The number of ether oxygens (including phenoxy) is 1. The summed E-state index contributed by atoms with van der Waals surface area (Å²) < 4.78 is 5.24. The van der Waals surface area contributed by atoms with E-state index in [0.717, 1.165) is 32.8 Å². The maximum atomic E-state index is 5.24. The molecule has 2 rings (SSSR count). The van der Waals surface area contributed by atoms with Crippen molar-refractivity contribution in [3.8, 4) is 0 Å². The molecule has 0 aromatic heterocycles. The van der Waals surface area contributed by atoms with Gasteiger partial charge in [0.15, 0.2) is 0 Å². The Bertz CT molecular complexity index is 515. The molecule has 0 aliphatic heterocycles. The van der Waals surface area contributed by atoms with Crippen molar-refractivity contribution in [3.05, 3.63) is 66.2 Å². The van der Waals surface area contributed by atoms with Crippen molar-refractivity contribution >= 4 is 5.69 Å². The van der Waals surface area contributed by atoms with E-state index in [1.807, 2.05) is 0 Å². The van der Waals surface area contributed by atoms with Crippen molar-refractivity contribution < 1.29 is 4.74 Å². The van der Waals surface area contributed by atoms with Gasteiger partial charge in [-0.3, -0.25) is 0 Å². The van der Waals surface area contributed by atoms with Gasteiger partial charge < -0.3 is 14.5 Å². The van der Waals surface area contributed by atoms with Gasteiger partial charge in [-0.1, -0.05) is 48.5 Å². The van der Waals surface area contributed by atoms with Crippen molar-refractivity contribution in [1.29, 1.82) is 0 Å². The molecular weight excluding hydrogens is 272 g/mol. The standard InChI is InChI=1S/C19H26N2O/c1-20(17-18-9-5-3-6-10-18)13-14-21(15-16-22-2)19-11-7-4-8-12-19/h3-12H,13-17H2,1-2H3. The molecule has 0 saturated carbocycles. The van der Waals surface area contributed by atoms with E-state index in [1.165, 1.54) is 11.3 Å². The number of methoxy groups -OCH3 is 1. The minimum Gasteiger partial charge on any atom is -0.383 e. The van der Waals surface area contributed by atoms with Crippen molar-refractivity contribution in [1.82, 2.24) is 4.90 Å². The normalized spacial score (nSPS) is 10.9. The number of para-hydroxylation sites is 1. The van der Waals surface area contributed by atoms with E-state index in [9.17, 15) is 0 Å². The van der Waals surface area contributed by atoms with Gasteiger partial charge in [-0.05, 0) is 24.7 Å². The monoisotopic (exact) mass is 298 g/mol. The Morgan fingerprint density at radius 2 is 1.45 bits per heavy atom. The summed E-state index contributed by atoms with van der Waals surface area (Å²) in [5, 5.41) is 0. The number of nitrogens with zero attached hydrogens (tertiary/aromatic N) is 2. The van der Waals surface area contributed by atoms with Crippen LogP contribution in [0.1, 0.15) is 5.56 Å². The van der Waals surface area contributed by atoms with Crippen LogP contribution < -0.4 is 4.90 Å². The molecule has 2 aromatic rings. The average molecular weight is 298 g/mol. The molecule has 0 aliphatic carbocycles. The lowest BCUT2D eigenvalue weighted by Gasteiger charge is -2.27. The lowest BCUT2D eigenvalue weighted by atomic mass is 10.2. The van der Waals surface area contributed by atoms with Crippen LogP contribution in [0.3, 0.4) is 0 Å². The minimum absolute atomic E-state index is 0.747. The largest absolute Gasteiger partial charge is 0.383 e. The first-order valence-electron chi connectivity index (χ1n) is 7.81. The third-order valence-electron chi connectivity index (χ3n) is 3.73. The Morgan fingerprint density at radius 3 is 2.09 bits per heavy atom. The van der Waals surface area contributed by atoms with E-state index < -0.39 is 0 Å². The Morgan fingerprint density at radius 1 is 0.818 bits per heavy atom. The van der Waals surface area contributed by atoms with Crippen LogP contribution in [0.2, 0.25) is 0 Å². The Hall–Kier alpha value is -1.84. The Labute approximate surface area is 134 Å². The molecule has 0 aliphatic rings. The molecular formula is C19H26N2O.